The molecule has 0 aliphatic rings. The Bertz CT molecular complexity index is 616. The van der Waals surface area contributed by atoms with Crippen LogP contribution < -0.4 is 5.32 Å². The first kappa shape index (κ1) is 10.7. The molecule has 1 N–H and O–H groups in total. The summed E-state index contributed by atoms with van der Waals surface area (Å²) in [5.41, 5.74) is 2.26. The number of aromatic nitrogens is 2. The highest BCUT2D eigenvalue weighted by Crippen LogP contribution is 2.25. The molecule has 0 aliphatic carbocycles. The van der Waals surface area contributed by atoms with Crippen molar-refractivity contribution in [2.45, 2.75) is 13.0 Å². The van der Waals surface area contributed by atoms with Gasteiger partial charge < -0.3 is 5.32 Å². The summed E-state index contributed by atoms with van der Waals surface area (Å²) in [6.45, 7) is 2.12. The molecule has 3 heterocycles. The van der Waals surface area contributed by atoms with Gasteiger partial charge in [-0.3, -0.25) is 4.98 Å². The van der Waals surface area contributed by atoms with Crippen LogP contribution >= 0.6 is 22.7 Å². The number of nitrogens with one attached hydrogen (secondary N) is 1. The summed E-state index contributed by atoms with van der Waals surface area (Å²) < 4.78 is 1.23. The summed E-state index contributed by atoms with van der Waals surface area (Å²) in [7, 11) is 0. The van der Waals surface area contributed by atoms with Gasteiger partial charge in [0.1, 0.15) is 0 Å². The molecule has 1 unspecified atom stereocenters. The fourth-order valence-corrected chi connectivity index (χ4v) is 3.07. The number of hydrogen-bond donors (Lipinski definition) is 1. The van der Waals surface area contributed by atoms with Crippen molar-refractivity contribution in [2.75, 3.05) is 5.32 Å². The summed E-state index contributed by atoms with van der Waals surface area (Å²) in [6, 6.07) is 4.46. The van der Waals surface area contributed by atoms with E-state index in [1.165, 1.54) is 10.3 Å². The molecule has 3 nitrogen and oxygen atoms in total. The van der Waals surface area contributed by atoms with Gasteiger partial charge in [-0.05, 0) is 30.0 Å². The quantitative estimate of drug-likeness (QED) is 0.776. The van der Waals surface area contributed by atoms with E-state index < -0.39 is 0 Å². The third kappa shape index (κ3) is 2.16. The Labute approximate surface area is 107 Å². The van der Waals surface area contributed by atoms with Gasteiger partial charge in [-0.15, -0.1) is 22.7 Å². The Morgan fingerprint density at radius 1 is 1.24 bits per heavy atom. The van der Waals surface area contributed by atoms with Crippen LogP contribution in [-0.4, -0.2) is 9.97 Å². The molecule has 0 spiro atoms. The number of pyridine rings is 1. The van der Waals surface area contributed by atoms with Gasteiger partial charge in [0.2, 0.25) is 0 Å². The molecule has 0 bridgehead atoms. The molecule has 3 aromatic rings. The predicted octanol–water partition coefficient (Wildman–Crippen LogP) is 3.93. The van der Waals surface area contributed by atoms with Gasteiger partial charge >= 0.3 is 0 Å². The molecule has 0 saturated heterocycles. The molecule has 1 atom stereocenters. The summed E-state index contributed by atoms with van der Waals surface area (Å²) in [5, 5.41) is 8.35. The van der Waals surface area contributed by atoms with Crippen LogP contribution in [0.2, 0.25) is 0 Å². The SMILES string of the molecule is CC(Nc1nccs1)c1cnc2ccsc2c1. The van der Waals surface area contributed by atoms with Gasteiger partial charge in [-0.1, -0.05) is 0 Å². The standard InChI is InChI=1S/C12H11N3S2/c1-8(15-12-13-3-5-17-12)9-6-11-10(14-7-9)2-4-16-11/h2-8H,1H3,(H,13,15). The monoisotopic (exact) mass is 261 g/mol. The topological polar surface area (TPSA) is 37.8 Å². The molecule has 86 valence electrons. The normalized spacial score (nSPS) is 12.8. The maximum Gasteiger partial charge on any atom is 0.183 e. The highest BCUT2D eigenvalue weighted by atomic mass is 32.1. The van der Waals surface area contributed by atoms with Crippen LogP contribution in [0.4, 0.5) is 5.13 Å². The van der Waals surface area contributed by atoms with Gasteiger partial charge in [0.25, 0.3) is 0 Å². The van der Waals surface area contributed by atoms with Crippen molar-refractivity contribution in [3.8, 4) is 0 Å². The first-order valence-electron chi connectivity index (χ1n) is 5.32. The fraction of sp³-hybridized carbons (Fsp3) is 0.167. The fourth-order valence-electron chi connectivity index (χ4n) is 1.66. The lowest BCUT2D eigenvalue weighted by atomic mass is 10.1. The number of rotatable bonds is 3. The minimum absolute atomic E-state index is 0.222. The second kappa shape index (κ2) is 4.43. The van der Waals surface area contributed by atoms with E-state index in [0.717, 1.165) is 10.6 Å². The summed E-state index contributed by atoms with van der Waals surface area (Å²) in [5.74, 6) is 0. The minimum Gasteiger partial charge on any atom is -0.355 e. The zero-order valence-corrected chi connectivity index (χ0v) is 10.9. The predicted molar refractivity (Wildman–Crippen MR) is 73.8 cm³/mol. The van der Waals surface area contributed by atoms with Crippen LogP contribution in [0.1, 0.15) is 18.5 Å². The zero-order valence-electron chi connectivity index (χ0n) is 9.25. The number of nitrogens with zero attached hydrogens (tertiary/aromatic N) is 2. The molecule has 0 aliphatic heterocycles. The maximum atomic E-state index is 4.44. The van der Waals surface area contributed by atoms with E-state index in [0.29, 0.717) is 0 Å². The Morgan fingerprint density at radius 2 is 2.18 bits per heavy atom. The van der Waals surface area contributed by atoms with Gasteiger partial charge in [0.15, 0.2) is 5.13 Å². The second-order valence-electron chi connectivity index (χ2n) is 3.78. The van der Waals surface area contributed by atoms with Gasteiger partial charge in [-0.25, -0.2) is 4.98 Å². The Hall–Kier alpha value is -1.46. The highest BCUT2D eigenvalue weighted by molar-refractivity contribution is 7.17. The maximum absolute atomic E-state index is 4.44. The van der Waals surface area contributed by atoms with E-state index in [4.69, 9.17) is 0 Å². The Balaban J connectivity index is 1.87. The Kier molecular flexibility index (Phi) is 2.78. The highest BCUT2D eigenvalue weighted by Gasteiger charge is 2.08. The molecule has 3 aromatic heterocycles. The second-order valence-corrected chi connectivity index (χ2v) is 5.62. The average Bonchev–Trinajstić information content (AvgIpc) is 2.97. The molecule has 0 amide bonds. The van der Waals surface area contributed by atoms with Crippen molar-refractivity contribution in [3.63, 3.8) is 0 Å². The number of thiazole rings is 1. The number of fused-ring (bicyclic) bond motifs is 1. The largest absolute Gasteiger partial charge is 0.355 e. The van der Waals surface area contributed by atoms with E-state index in [1.807, 2.05) is 17.6 Å². The van der Waals surface area contributed by atoms with E-state index >= 15 is 0 Å². The van der Waals surface area contributed by atoms with Crippen molar-refractivity contribution in [1.29, 1.82) is 0 Å². The van der Waals surface area contributed by atoms with Crippen molar-refractivity contribution in [1.82, 2.24) is 9.97 Å². The molecule has 3 rings (SSSR count). The van der Waals surface area contributed by atoms with Gasteiger partial charge in [0.05, 0.1) is 16.3 Å². The summed E-state index contributed by atoms with van der Waals surface area (Å²) >= 11 is 3.33. The smallest absolute Gasteiger partial charge is 0.183 e. The summed E-state index contributed by atoms with van der Waals surface area (Å²) in [6.07, 6.45) is 3.74. The van der Waals surface area contributed by atoms with E-state index in [1.54, 1.807) is 28.9 Å². The first-order chi connectivity index (χ1) is 8.33. The van der Waals surface area contributed by atoms with Gasteiger partial charge in [0, 0.05) is 17.8 Å². The lowest BCUT2D eigenvalue weighted by Gasteiger charge is -2.12. The van der Waals surface area contributed by atoms with E-state index in [2.05, 4.69) is 33.7 Å². The average molecular weight is 261 g/mol. The van der Waals surface area contributed by atoms with E-state index in [9.17, 15) is 0 Å². The van der Waals surface area contributed by atoms with Crippen molar-refractivity contribution in [3.05, 3.63) is 40.8 Å². The molecule has 17 heavy (non-hydrogen) atoms. The van der Waals surface area contributed by atoms with Crippen LogP contribution in [0, 0.1) is 0 Å². The number of hydrogen-bond acceptors (Lipinski definition) is 5. The van der Waals surface area contributed by atoms with E-state index in [-0.39, 0.29) is 6.04 Å². The van der Waals surface area contributed by atoms with Crippen LogP contribution in [0.5, 0.6) is 0 Å². The lowest BCUT2D eigenvalue weighted by Crippen LogP contribution is -2.06. The molecule has 0 radical (unpaired) electrons. The first-order valence-corrected chi connectivity index (χ1v) is 7.08. The Morgan fingerprint density at radius 3 is 3.00 bits per heavy atom. The van der Waals surface area contributed by atoms with Crippen LogP contribution in [0.15, 0.2) is 35.3 Å². The zero-order chi connectivity index (χ0) is 11.7. The third-order valence-electron chi connectivity index (χ3n) is 2.60. The van der Waals surface area contributed by atoms with Gasteiger partial charge in [-0.2, -0.15) is 0 Å². The molecule has 0 saturated carbocycles. The van der Waals surface area contributed by atoms with Crippen molar-refractivity contribution < 1.29 is 0 Å². The molecular formula is C12H11N3S2. The number of thiophene rings is 1. The molecule has 0 aromatic carbocycles. The molecule has 0 fully saturated rings. The molecule has 5 heteroatoms. The van der Waals surface area contributed by atoms with Crippen molar-refractivity contribution >= 4 is 38.0 Å². The lowest BCUT2D eigenvalue weighted by molar-refractivity contribution is 0.877. The third-order valence-corrected chi connectivity index (χ3v) is 4.15. The van der Waals surface area contributed by atoms with Crippen LogP contribution in [-0.2, 0) is 0 Å². The van der Waals surface area contributed by atoms with Crippen LogP contribution in [0.25, 0.3) is 10.2 Å². The van der Waals surface area contributed by atoms with Crippen LogP contribution in [0.3, 0.4) is 0 Å². The van der Waals surface area contributed by atoms with Crippen molar-refractivity contribution in [2.24, 2.45) is 0 Å². The molecular weight excluding hydrogens is 250 g/mol. The minimum atomic E-state index is 0.222. The summed E-state index contributed by atoms with van der Waals surface area (Å²) in [4.78, 5) is 8.67. The number of anilines is 1.